The molecule has 0 spiro atoms. The van der Waals surface area contributed by atoms with E-state index in [4.69, 9.17) is 11.0 Å². The molecule has 152 valence electrons. The molecule has 3 N–H and O–H groups in total. The van der Waals surface area contributed by atoms with E-state index in [9.17, 15) is 18.4 Å². The van der Waals surface area contributed by atoms with E-state index in [1.165, 1.54) is 10.7 Å². The number of nitrogens with two attached hydrogens (primary N) is 1. The van der Waals surface area contributed by atoms with Gasteiger partial charge in [0.2, 0.25) is 0 Å². The Morgan fingerprint density at radius 1 is 1.07 bits per heavy atom. The Kier molecular flexibility index (Phi) is 5.93. The summed E-state index contributed by atoms with van der Waals surface area (Å²) in [5.74, 6) is 0.215. The van der Waals surface area contributed by atoms with Crippen LogP contribution in [0.4, 0.5) is 24.7 Å². The minimum atomic E-state index is -4.53. The molecule has 0 bridgehead atoms. The van der Waals surface area contributed by atoms with E-state index in [2.05, 4.69) is 10.4 Å². The Hall–Kier alpha value is -3.98. The Balaban J connectivity index is 1.73. The number of halogens is 3. The second-order valence-electron chi connectivity index (χ2n) is 6.47. The minimum Gasteiger partial charge on any atom is -0.385 e. The molecule has 3 aromatic rings. The van der Waals surface area contributed by atoms with Crippen molar-refractivity contribution in [3.8, 4) is 17.8 Å². The second-order valence-corrected chi connectivity index (χ2v) is 6.47. The average Bonchev–Trinajstić information content (AvgIpc) is 3.06. The van der Waals surface area contributed by atoms with Crippen molar-refractivity contribution in [1.29, 1.82) is 10.5 Å². The monoisotopic (exact) mass is 410 g/mol. The van der Waals surface area contributed by atoms with Gasteiger partial charge in [0.1, 0.15) is 17.5 Å². The first kappa shape index (κ1) is 20.7. The highest BCUT2D eigenvalue weighted by atomic mass is 19.4. The Morgan fingerprint density at radius 2 is 1.80 bits per heavy atom. The van der Waals surface area contributed by atoms with Gasteiger partial charge in [-0.25, -0.2) is 4.68 Å². The van der Waals surface area contributed by atoms with E-state index in [0.29, 0.717) is 24.2 Å². The number of aromatic nitrogens is 2. The van der Waals surface area contributed by atoms with Crippen LogP contribution in [0.25, 0.3) is 5.69 Å². The zero-order chi connectivity index (χ0) is 21.7. The van der Waals surface area contributed by atoms with Gasteiger partial charge in [0, 0.05) is 12.2 Å². The predicted octanol–water partition coefficient (Wildman–Crippen LogP) is 4.26. The fourth-order valence-corrected chi connectivity index (χ4v) is 3.03. The van der Waals surface area contributed by atoms with E-state index in [1.807, 2.05) is 30.3 Å². The summed E-state index contributed by atoms with van der Waals surface area (Å²) < 4.78 is 41.0. The van der Waals surface area contributed by atoms with Crippen molar-refractivity contribution < 1.29 is 13.2 Å². The van der Waals surface area contributed by atoms with Crippen LogP contribution in [0.1, 0.15) is 28.8 Å². The van der Waals surface area contributed by atoms with Crippen molar-refractivity contribution in [3.05, 3.63) is 70.9 Å². The summed E-state index contributed by atoms with van der Waals surface area (Å²) in [4.78, 5) is 0. The Bertz CT molecular complexity index is 1120. The molecule has 6 nitrogen and oxygen atoms in total. The number of hydrogen-bond acceptors (Lipinski definition) is 5. The first-order valence-electron chi connectivity index (χ1n) is 9.03. The third-order valence-corrected chi connectivity index (χ3v) is 4.47. The van der Waals surface area contributed by atoms with Crippen LogP contribution in [0, 0.1) is 22.7 Å². The Labute approximate surface area is 171 Å². The van der Waals surface area contributed by atoms with Crippen molar-refractivity contribution in [1.82, 2.24) is 9.78 Å². The summed E-state index contributed by atoms with van der Waals surface area (Å²) in [5, 5.41) is 25.5. The minimum absolute atomic E-state index is 0.131. The van der Waals surface area contributed by atoms with Gasteiger partial charge in [-0.2, -0.15) is 28.8 Å². The third-order valence-electron chi connectivity index (χ3n) is 4.47. The number of anilines is 2. The highest BCUT2D eigenvalue weighted by molar-refractivity contribution is 5.58. The topological polar surface area (TPSA) is 103 Å². The lowest BCUT2D eigenvalue weighted by molar-refractivity contribution is -0.136. The number of rotatable bonds is 6. The normalized spacial score (nSPS) is 11.0. The molecule has 0 fully saturated rings. The van der Waals surface area contributed by atoms with Gasteiger partial charge in [-0.3, -0.25) is 0 Å². The smallest absolute Gasteiger partial charge is 0.385 e. The van der Waals surface area contributed by atoms with Crippen LogP contribution < -0.4 is 11.1 Å². The quantitative estimate of drug-likeness (QED) is 0.591. The van der Waals surface area contributed by atoms with Gasteiger partial charge in [-0.05, 0) is 43.2 Å². The molecule has 0 aliphatic rings. The fraction of sp³-hybridized carbons (Fsp3) is 0.190. The van der Waals surface area contributed by atoms with Gasteiger partial charge in [0.05, 0.1) is 28.6 Å². The highest BCUT2D eigenvalue weighted by Crippen LogP contribution is 2.35. The van der Waals surface area contributed by atoms with Crippen molar-refractivity contribution in [3.63, 3.8) is 0 Å². The van der Waals surface area contributed by atoms with Crippen LogP contribution in [0.2, 0.25) is 0 Å². The number of aryl methyl sites for hydroxylation is 1. The van der Waals surface area contributed by atoms with E-state index < -0.39 is 11.7 Å². The van der Waals surface area contributed by atoms with E-state index >= 15 is 0 Å². The van der Waals surface area contributed by atoms with Crippen LogP contribution >= 0.6 is 0 Å². The molecule has 2 aromatic carbocycles. The van der Waals surface area contributed by atoms with Crippen LogP contribution in [-0.2, 0) is 12.6 Å². The van der Waals surface area contributed by atoms with Crippen molar-refractivity contribution in [2.24, 2.45) is 0 Å². The maximum Gasteiger partial charge on any atom is 0.418 e. The van der Waals surface area contributed by atoms with Crippen molar-refractivity contribution in [2.45, 2.75) is 19.0 Å². The number of nitrogen functional groups attached to an aromatic ring is 1. The molecule has 0 saturated carbocycles. The lowest BCUT2D eigenvalue weighted by Gasteiger charge is -2.14. The molecule has 0 saturated heterocycles. The number of para-hydroxylation sites is 1. The summed E-state index contributed by atoms with van der Waals surface area (Å²) in [6.45, 7) is 0.195. The third kappa shape index (κ3) is 4.36. The zero-order valence-corrected chi connectivity index (χ0v) is 15.7. The van der Waals surface area contributed by atoms with E-state index in [1.54, 1.807) is 12.1 Å². The van der Waals surface area contributed by atoms with E-state index in [0.717, 1.165) is 12.1 Å². The Morgan fingerprint density at radius 3 is 2.43 bits per heavy atom. The standard InChI is InChI=1S/C21H17F3N6/c22-21(23,24)17-9-8-14(12-25)11-19(17)28-10-4-7-18-16(13-26)20(27)30(29-18)15-5-2-1-3-6-15/h1-3,5-6,8-9,11,28H,4,7,10,27H2. The van der Waals surface area contributed by atoms with Crippen LogP contribution in [0.15, 0.2) is 48.5 Å². The number of nitrogens with one attached hydrogen (secondary N) is 1. The van der Waals surface area contributed by atoms with Gasteiger partial charge < -0.3 is 11.1 Å². The maximum atomic E-state index is 13.2. The molecular formula is C21H17F3N6. The molecule has 3 rings (SSSR count). The summed E-state index contributed by atoms with van der Waals surface area (Å²) in [7, 11) is 0. The van der Waals surface area contributed by atoms with Crippen LogP contribution in [0.3, 0.4) is 0 Å². The van der Waals surface area contributed by atoms with Crippen LogP contribution in [-0.4, -0.2) is 16.3 Å². The molecule has 0 aliphatic carbocycles. The van der Waals surface area contributed by atoms with Crippen molar-refractivity contribution in [2.75, 3.05) is 17.6 Å². The molecular weight excluding hydrogens is 393 g/mol. The summed E-state index contributed by atoms with van der Waals surface area (Å²) >= 11 is 0. The fourth-order valence-electron chi connectivity index (χ4n) is 3.03. The zero-order valence-electron chi connectivity index (χ0n) is 15.7. The largest absolute Gasteiger partial charge is 0.418 e. The molecule has 0 radical (unpaired) electrons. The van der Waals surface area contributed by atoms with Crippen molar-refractivity contribution >= 4 is 11.5 Å². The summed E-state index contributed by atoms with van der Waals surface area (Å²) in [6, 6.07) is 16.2. The van der Waals surface area contributed by atoms with Gasteiger partial charge >= 0.3 is 6.18 Å². The molecule has 30 heavy (non-hydrogen) atoms. The van der Waals surface area contributed by atoms with Crippen LogP contribution in [0.5, 0.6) is 0 Å². The lowest BCUT2D eigenvalue weighted by Crippen LogP contribution is -2.12. The molecule has 0 unspecified atom stereocenters. The number of nitriles is 2. The molecule has 0 aliphatic heterocycles. The highest BCUT2D eigenvalue weighted by Gasteiger charge is 2.33. The summed E-state index contributed by atoms with van der Waals surface area (Å²) in [6.07, 6.45) is -3.78. The number of nitrogens with zero attached hydrogens (tertiary/aromatic N) is 4. The van der Waals surface area contributed by atoms with E-state index in [-0.39, 0.29) is 29.2 Å². The molecule has 9 heteroatoms. The maximum absolute atomic E-state index is 13.2. The number of benzene rings is 2. The molecule has 0 amide bonds. The number of alkyl halides is 3. The molecule has 0 atom stereocenters. The summed E-state index contributed by atoms with van der Waals surface area (Å²) in [5.41, 5.74) is 6.62. The molecule has 1 heterocycles. The first-order chi connectivity index (χ1) is 14.3. The SMILES string of the molecule is N#Cc1ccc(C(F)(F)F)c(NCCCc2nn(-c3ccccc3)c(N)c2C#N)c1. The molecule has 1 aromatic heterocycles. The first-order valence-corrected chi connectivity index (χ1v) is 9.03. The van der Waals surface area contributed by atoms with Gasteiger partial charge in [0.25, 0.3) is 0 Å². The number of hydrogen-bond donors (Lipinski definition) is 2. The predicted molar refractivity (Wildman–Crippen MR) is 106 cm³/mol. The van der Waals surface area contributed by atoms with Gasteiger partial charge in [0.15, 0.2) is 0 Å². The lowest BCUT2D eigenvalue weighted by atomic mass is 10.1. The second kappa shape index (κ2) is 8.58. The van der Waals surface area contributed by atoms with Gasteiger partial charge in [-0.1, -0.05) is 18.2 Å². The van der Waals surface area contributed by atoms with Gasteiger partial charge in [-0.15, -0.1) is 0 Å². The average molecular weight is 410 g/mol.